The number of thiazole rings is 1. The highest BCUT2D eigenvalue weighted by Crippen LogP contribution is 2.26. The van der Waals surface area contributed by atoms with Crippen molar-refractivity contribution in [2.45, 2.75) is 12.6 Å². The maximum absolute atomic E-state index is 12.2. The van der Waals surface area contributed by atoms with Gasteiger partial charge in [0.25, 0.3) is 11.5 Å². The summed E-state index contributed by atoms with van der Waals surface area (Å²) in [7, 11) is 0. The van der Waals surface area contributed by atoms with E-state index < -0.39 is 12.2 Å². The molecule has 3 aromatic heterocycles. The number of hydrogen-bond acceptors (Lipinski definition) is 7. The van der Waals surface area contributed by atoms with Crippen LogP contribution in [0, 0.1) is 0 Å². The van der Waals surface area contributed by atoms with Gasteiger partial charge in [-0.3, -0.25) is 9.59 Å². The van der Waals surface area contributed by atoms with Crippen LogP contribution in [0.2, 0.25) is 4.34 Å². The molecule has 2 amide bonds. The van der Waals surface area contributed by atoms with Gasteiger partial charge in [-0.2, -0.15) is 0 Å². The molecule has 1 N–H and O–H groups in total. The van der Waals surface area contributed by atoms with Crippen LogP contribution in [0.4, 0.5) is 9.93 Å². The lowest BCUT2D eigenvalue weighted by atomic mass is 10.3. The monoisotopic (exact) mass is 450 g/mol. The number of nitrogens with zero attached hydrogens (tertiary/aromatic N) is 3. The molecule has 29 heavy (non-hydrogen) atoms. The number of anilines is 1. The van der Waals surface area contributed by atoms with Crippen molar-refractivity contribution in [3.8, 4) is 0 Å². The lowest BCUT2D eigenvalue weighted by Gasteiger charge is -2.09. The predicted octanol–water partition coefficient (Wildman–Crippen LogP) is 2.82. The van der Waals surface area contributed by atoms with Gasteiger partial charge >= 0.3 is 6.09 Å². The number of thiophene rings is 1. The smallest absolute Gasteiger partial charge is 0.416 e. The molecule has 3 aromatic rings. The van der Waals surface area contributed by atoms with Crippen LogP contribution in [-0.2, 0) is 11.3 Å². The van der Waals surface area contributed by atoms with E-state index in [4.69, 9.17) is 16.3 Å². The number of aromatic nitrogens is 2. The van der Waals surface area contributed by atoms with Crippen LogP contribution in [-0.4, -0.2) is 40.7 Å². The molecule has 0 unspecified atom stereocenters. The first kappa shape index (κ1) is 19.6. The summed E-state index contributed by atoms with van der Waals surface area (Å²) in [6, 6.07) is 8.23. The Morgan fingerprint density at radius 2 is 2.17 bits per heavy atom. The summed E-state index contributed by atoms with van der Waals surface area (Å²) >= 11 is 8.32. The van der Waals surface area contributed by atoms with E-state index in [1.165, 1.54) is 38.2 Å². The molecule has 8 nitrogen and oxygen atoms in total. The molecule has 11 heteroatoms. The summed E-state index contributed by atoms with van der Waals surface area (Å²) in [5.41, 5.74) is 0.558. The molecule has 0 spiro atoms. The van der Waals surface area contributed by atoms with E-state index in [2.05, 4.69) is 10.3 Å². The first-order chi connectivity index (χ1) is 14.0. The van der Waals surface area contributed by atoms with Crippen LogP contribution in [0.25, 0.3) is 0 Å². The molecule has 1 aliphatic rings. The molecule has 1 aliphatic heterocycles. The van der Waals surface area contributed by atoms with Crippen molar-refractivity contribution < 1.29 is 14.3 Å². The molecule has 150 valence electrons. The molecule has 0 saturated carbocycles. The van der Waals surface area contributed by atoms with Crippen molar-refractivity contribution in [2.24, 2.45) is 0 Å². The number of ether oxygens (including phenoxy) is 1. The number of carbonyl (C=O) groups is 2. The summed E-state index contributed by atoms with van der Waals surface area (Å²) in [5.74, 6) is -0.263. The van der Waals surface area contributed by atoms with Crippen LogP contribution in [0.3, 0.4) is 0 Å². The zero-order chi connectivity index (χ0) is 20.4. The maximum atomic E-state index is 12.2. The fraction of sp³-hybridized carbons (Fsp3) is 0.222. The van der Waals surface area contributed by atoms with Crippen molar-refractivity contribution in [3.05, 3.63) is 67.2 Å². The average Bonchev–Trinajstić information content (AvgIpc) is 3.42. The standard InChI is InChI=1S/C18H15ClN4O4S2/c19-14-5-4-13(29-14)16(25)20-7-12-9-23(18(26)27-12)17-21-11(10-28-17)8-22-6-2-1-3-15(22)24/h1-6,10,12H,7-9H2,(H,20,25)/t12-/m0/s1. The van der Waals surface area contributed by atoms with Crippen LogP contribution >= 0.6 is 34.3 Å². The van der Waals surface area contributed by atoms with Gasteiger partial charge in [-0.05, 0) is 18.2 Å². The van der Waals surface area contributed by atoms with Crippen molar-refractivity contribution in [3.63, 3.8) is 0 Å². The Balaban J connectivity index is 1.36. The number of hydrogen-bond donors (Lipinski definition) is 1. The Bertz CT molecular complexity index is 1110. The first-order valence-electron chi connectivity index (χ1n) is 8.61. The highest BCUT2D eigenvalue weighted by molar-refractivity contribution is 7.18. The Morgan fingerprint density at radius 1 is 1.31 bits per heavy atom. The molecule has 0 aromatic carbocycles. The van der Waals surface area contributed by atoms with Gasteiger partial charge < -0.3 is 14.6 Å². The normalized spacial score (nSPS) is 16.1. The summed E-state index contributed by atoms with van der Waals surface area (Å²) in [5, 5.41) is 5.04. The lowest BCUT2D eigenvalue weighted by Crippen LogP contribution is -2.34. The Labute approximate surface area is 178 Å². The number of amides is 2. The van der Waals surface area contributed by atoms with Crippen molar-refractivity contribution in [2.75, 3.05) is 18.0 Å². The van der Waals surface area contributed by atoms with E-state index >= 15 is 0 Å². The van der Waals surface area contributed by atoms with Crippen molar-refractivity contribution in [1.29, 1.82) is 0 Å². The van der Waals surface area contributed by atoms with E-state index in [9.17, 15) is 14.4 Å². The second-order valence-electron chi connectivity index (χ2n) is 6.22. The minimum atomic E-state index is -0.513. The quantitative estimate of drug-likeness (QED) is 0.623. The molecule has 1 saturated heterocycles. The van der Waals surface area contributed by atoms with Gasteiger partial charge in [0.15, 0.2) is 5.13 Å². The van der Waals surface area contributed by atoms with Gasteiger partial charge in [-0.15, -0.1) is 22.7 Å². The summed E-state index contributed by atoms with van der Waals surface area (Å²) in [6.45, 7) is 0.790. The van der Waals surface area contributed by atoms with Crippen LogP contribution in [0.1, 0.15) is 15.4 Å². The minimum Gasteiger partial charge on any atom is -0.442 e. The van der Waals surface area contributed by atoms with Gasteiger partial charge in [-0.25, -0.2) is 14.7 Å². The third kappa shape index (κ3) is 4.50. The summed E-state index contributed by atoms with van der Waals surface area (Å²) < 4.78 is 7.40. The summed E-state index contributed by atoms with van der Waals surface area (Å²) in [6.07, 6.45) is 0.692. The number of rotatable bonds is 6. The maximum Gasteiger partial charge on any atom is 0.416 e. The van der Waals surface area contributed by atoms with Gasteiger partial charge in [0, 0.05) is 17.6 Å². The van der Waals surface area contributed by atoms with Gasteiger partial charge in [0.1, 0.15) is 6.10 Å². The molecule has 0 bridgehead atoms. The highest BCUT2D eigenvalue weighted by atomic mass is 35.5. The number of pyridine rings is 1. The number of nitrogens with one attached hydrogen (secondary N) is 1. The fourth-order valence-electron chi connectivity index (χ4n) is 2.77. The third-order valence-electron chi connectivity index (χ3n) is 4.16. The van der Waals surface area contributed by atoms with E-state index in [1.807, 2.05) is 0 Å². The zero-order valence-corrected chi connectivity index (χ0v) is 17.3. The molecule has 1 atom stereocenters. The third-order valence-corrected chi connectivity index (χ3v) is 6.31. The molecule has 4 rings (SSSR count). The molecule has 1 fully saturated rings. The second kappa shape index (κ2) is 8.36. The van der Waals surface area contributed by atoms with Crippen molar-refractivity contribution in [1.82, 2.24) is 14.9 Å². The fourth-order valence-corrected chi connectivity index (χ4v) is 4.55. The van der Waals surface area contributed by atoms with E-state index in [0.29, 0.717) is 26.6 Å². The largest absolute Gasteiger partial charge is 0.442 e. The van der Waals surface area contributed by atoms with Gasteiger partial charge in [0.2, 0.25) is 0 Å². The van der Waals surface area contributed by atoms with Crippen LogP contribution in [0.5, 0.6) is 0 Å². The Morgan fingerprint density at radius 3 is 2.93 bits per heavy atom. The molecular formula is C18H15ClN4O4S2. The zero-order valence-electron chi connectivity index (χ0n) is 14.9. The highest BCUT2D eigenvalue weighted by Gasteiger charge is 2.34. The van der Waals surface area contributed by atoms with Crippen molar-refractivity contribution >= 4 is 51.4 Å². The summed E-state index contributed by atoms with van der Waals surface area (Å²) in [4.78, 5) is 42.5. The second-order valence-corrected chi connectivity index (χ2v) is 8.77. The number of cyclic esters (lactones) is 1. The van der Waals surface area contributed by atoms with Gasteiger partial charge in [0.05, 0.1) is 34.5 Å². The Kier molecular flexibility index (Phi) is 5.65. The predicted molar refractivity (Wildman–Crippen MR) is 111 cm³/mol. The topological polar surface area (TPSA) is 93.5 Å². The first-order valence-corrected chi connectivity index (χ1v) is 10.7. The molecular weight excluding hydrogens is 436 g/mol. The average molecular weight is 451 g/mol. The SMILES string of the molecule is O=C(NC[C@H]1CN(c2nc(Cn3ccccc3=O)cs2)C(=O)O1)c1ccc(Cl)s1. The molecule has 0 radical (unpaired) electrons. The van der Waals surface area contributed by atoms with E-state index in [-0.39, 0.29) is 24.6 Å². The Hall–Kier alpha value is -2.69. The number of halogens is 1. The van der Waals surface area contributed by atoms with Crippen LogP contribution < -0.4 is 15.8 Å². The number of carbonyl (C=O) groups excluding carboxylic acids is 2. The van der Waals surface area contributed by atoms with E-state index in [0.717, 1.165) is 0 Å². The lowest BCUT2D eigenvalue weighted by molar-refractivity contribution is 0.0920. The molecule has 4 heterocycles. The molecule has 0 aliphatic carbocycles. The minimum absolute atomic E-state index is 0.120. The van der Waals surface area contributed by atoms with Gasteiger partial charge in [-0.1, -0.05) is 17.7 Å². The van der Waals surface area contributed by atoms with E-state index in [1.54, 1.807) is 35.8 Å². The van der Waals surface area contributed by atoms with Crippen LogP contribution in [0.15, 0.2) is 46.7 Å².